The summed E-state index contributed by atoms with van der Waals surface area (Å²) in [7, 11) is 1.93. The third kappa shape index (κ3) is 2.36. The Morgan fingerprint density at radius 1 is 1.52 bits per heavy atom. The number of rotatable bonds is 4. The lowest BCUT2D eigenvalue weighted by Crippen LogP contribution is -2.38. The van der Waals surface area contributed by atoms with Gasteiger partial charge in [-0.25, -0.2) is 4.98 Å². The Morgan fingerprint density at radius 2 is 2.33 bits per heavy atom. The van der Waals surface area contributed by atoms with Crippen LogP contribution in [0.15, 0.2) is 17.6 Å². The molecule has 1 heterocycles. The van der Waals surface area contributed by atoms with Gasteiger partial charge in [0.15, 0.2) is 5.52 Å². The number of aromatic nitrogens is 1. The van der Waals surface area contributed by atoms with Crippen molar-refractivity contribution in [3.63, 3.8) is 0 Å². The number of benzene rings is 1. The summed E-state index contributed by atoms with van der Waals surface area (Å²) in [6, 6.07) is 4.02. The van der Waals surface area contributed by atoms with Crippen molar-refractivity contribution in [3.8, 4) is 0 Å². The maximum atomic E-state index is 11.5. The average molecular weight is 306 g/mol. The first-order chi connectivity index (χ1) is 10.1. The van der Waals surface area contributed by atoms with Crippen LogP contribution in [0.3, 0.4) is 0 Å². The lowest BCUT2D eigenvalue weighted by molar-refractivity contribution is -0.382. The van der Waals surface area contributed by atoms with Crippen molar-refractivity contribution in [2.24, 2.45) is 11.7 Å². The van der Waals surface area contributed by atoms with E-state index in [4.69, 9.17) is 5.73 Å². The van der Waals surface area contributed by atoms with Crippen LogP contribution in [0.5, 0.6) is 0 Å². The number of nitrogens with two attached hydrogens (primary N) is 1. The Bertz CT molecular complexity index is 672. The van der Waals surface area contributed by atoms with E-state index in [9.17, 15) is 10.1 Å². The van der Waals surface area contributed by atoms with Gasteiger partial charge in [-0.05, 0) is 37.4 Å². The number of nitro benzene ring substituents is 1. The summed E-state index contributed by atoms with van der Waals surface area (Å²) in [6.45, 7) is 0.627. The van der Waals surface area contributed by atoms with E-state index in [0.29, 0.717) is 23.7 Å². The first-order valence-corrected chi connectivity index (χ1v) is 7.95. The molecule has 0 bridgehead atoms. The molecule has 0 saturated heterocycles. The summed E-state index contributed by atoms with van der Waals surface area (Å²) in [5.41, 5.74) is 8.73. The van der Waals surface area contributed by atoms with Crippen LogP contribution in [0.2, 0.25) is 0 Å². The molecule has 1 fully saturated rings. The molecule has 3 rings (SSSR count). The van der Waals surface area contributed by atoms with Gasteiger partial charge in [0, 0.05) is 13.1 Å². The molecule has 0 radical (unpaired) electrons. The van der Waals surface area contributed by atoms with E-state index in [0.717, 1.165) is 24.0 Å². The highest BCUT2D eigenvalue weighted by atomic mass is 32.1. The number of hydrogen-bond donors (Lipinski definition) is 1. The standard InChI is InChI=1S/C14H18N4O2S/c1-17(10-4-2-3-9(10)7-15)11-5-6-12-13(16-8-21-12)14(11)18(19)20/h5-6,8-10H,2-4,7,15H2,1H3. The van der Waals surface area contributed by atoms with Crippen molar-refractivity contribution in [1.82, 2.24) is 4.98 Å². The van der Waals surface area contributed by atoms with Crippen LogP contribution in [0.1, 0.15) is 19.3 Å². The second-order valence-corrected chi connectivity index (χ2v) is 6.38. The fraction of sp³-hybridized carbons (Fsp3) is 0.500. The Kier molecular flexibility index (Phi) is 3.77. The van der Waals surface area contributed by atoms with Crippen LogP contribution in [0, 0.1) is 16.0 Å². The Labute approximate surface area is 126 Å². The van der Waals surface area contributed by atoms with Gasteiger partial charge in [0.25, 0.3) is 0 Å². The van der Waals surface area contributed by atoms with Gasteiger partial charge in [0.05, 0.1) is 15.1 Å². The molecule has 1 aromatic carbocycles. The van der Waals surface area contributed by atoms with Crippen LogP contribution in [-0.2, 0) is 0 Å². The molecule has 112 valence electrons. The highest BCUT2D eigenvalue weighted by molar-refractivity contribution is 7.16. The van der Waals surface area contributed by atoms with E-state index >= 15 is 0 Å². The molecule has 0 aliphatic heterocycles. The van der Waals surface area contributed by atoms with E-state index in [2.05, 4.69) is 4.98 Å². The van der Waals surface area contributed by atoms with Crippen molar-refractivity contribution in [2.75, 3.05) is 18.5 Å². The smallest absolute Gasteiger partial charge is 0.319 e. The van der Waals surface area contributed by atoms with Crippen LogP contribution in [-0.4, -0.2) is 29.5 Å². The van der Waals surface area contributed by atoms with Crippen LogP contribution in [0.25, 0.3) is 10.2 Å². The minimum Gasteiger partial charge on any atom is -0.366 e. The molecule has 1 aliphatic rings. The van der Waals surface area contributed by atoms with Gasteiger partial charge in [-0.1, -0.05) is 6.42 Å². The maximum absolute atomic E-state index is 11.5. The Hall–Kier alpha value is -1.73. The Balaban J connectivity index is 2.06. The average Bonchev–Trinajstić information content (AvgIpc) is 3.13. The fourth-order valence-corrected chi connectivity index (χ4v) is 4.03. The molecule has 2 unspecified atom stereocenters. The predicted molar refractivity (Wildman–Crippen MR) is 84.9 cm³/mol. The number of nitro groups is 1. The normalized spacial score (nSPS) is 21.8. The number of fused-ring (bicyclic) bond motifs is 1. The maximum Gasteiger partial charge on any atom is 0.319 e. The van der Waals surface area contributed by atoms with E-state index in [1.54, 1.807) is 5.51 Å². The van der Waals surface area contributed by atoms with Gasteiger partial charge in [0.1, 0.15) is 5.69 Å². The zero-order valence-electron chi connectivity index (χ0n) is 11.9. The third-order valence-corrected chi connectivity index (χ3v) is 5.23. The molecule has 7 heteroatoms. The molecule has 0 spiro atoms. The summed E-state index contributed by atoms with van der Waals surface area (Å²) < 4.78 is 0.848. The summed E-state index contributed by atoms with van der Waals surface area (Å²) in [6.07, 6.45) is 3.26. The lowest BCUT2D eigenvalue weighted by atomic mass is 10.0. The van der Waals surface area contributed by atoms with Crippen molar-refractivity contribution >= 4 is 32.9 Å². The van der Waals surface area contributed by atoms with Crippen molar-refractivity contribution < 1.29 is 4.92 Å². The van der Waals surface area contributed by atoms with Gasteiger partial charge in [-0.3, -0.25) is 10.1 Å². The number of anilines is 1. The third-order valence-electron chi connectivity index (χ3n) is 4.44. The second-order valence-electron chi connectivity index (χ2n) is 5.49. The largest absolute Gasteiger partial charge is 0.366 e. The quantitative estimate of drug-likeness (QED) is 0.693. The highest BCUT2D eigenvalue weighted by Crippen LogP contribution is 2.40. The minimum atomic E-state index is -0.319. The molecule has 2 atom stereocenters. The SMILES string of the molecule is CN(c1ccc2scnc2c1[N+](=O)[O-])C1CCCC1CN. The Morgan fingerprint density at radius 3 is 3.05 bits per heavy atom. The van der Waals surface area contributed by atoms with E-state index in [1.165, 1.54) is 11.3 Å². The topological polar surface area (TPSA) is 85.3 Å². The number of nitrogens with zero attached hydrogens (tertiary/aromatic N) is 3. The number of thiazole rings is 1. The monoisotopic (exact) mass is 306 g/mol. The van der Waals surface area contributed by atoms with E-state index < -0.39 is 0 Å². The summed E-state index contributed by atoms with van der Waals surface area (Å²) >= 11 is 1.42. The molecule has 2 aromatic rings. The first kappa shape index (κ1) is 14.2. The van der Waals surface area contributed by atoms with Gasteiger partial charge >= 0.3 is 5.69 Å². The molecule has 1 aromatic heterocycles. The molecular formula is C14H18N4O2S. The zero-order valence-corrected chi connectivity index (χ0v) is 12.7. The molecule has 0 amide bonds. The minimum absolute atomic E-state index is 0.110. The number of hydrogen-bond acceptors (Lipinski definition) is 6. The predicted octanol–water partition coefficient (Wildman–Crippen LogP) is 2.77. The molecule has 21 heavy (non-hydrogen) atoms. The van der Waals surface area contributed by atoms with Gasteiger partial charge < -0.3 is 10.6 Å². The summed E-state index contributed by atoms with van der Waals surface area (Å²) in [5.74, 6) is 0.403. The van der Waals surface area contributed by atoms with Gasteiger partial charge in [0.2, 0.25) is 0 Å². The van der Waals surface area contributed by atoms with Crippen LogP contribution < -0.4 is 10.6 Å². The summed E-state index contributed by atoms with van der Waals surface area (Å²) in [5, 5.41) is 11.5. The van der Waals surface area contributed by atoms with Crippen molar-refractivity contribution in [2.45, 2.75) is 25.3 Å². The van der Waals surface area contributed by atoms with Crippen LogP contribution in [0.4, 0.5) is 11.4 Å². The van der Waals surface area contributed by atoms with Gasteiger partial charge in [-0.2, -0.15) is 0 Å². The first-order valence-electron chi connectivity index (χ1n) is 7.07. The van der Waals surface area contributed by atoms with Crippen molar-refractivity contribution in [3.05, 3.63) is 27.8 Å². The molecule has 1 aliphatic carbocycles. The lowest BCUT2D eigenvalue weighted by Gasteiger charge is -2.30. The molecule has 2 N–H and O–H groups in total. The second kappa shape index (κ2) is 5.57. The van der Waals surface area contributed by atoms with Gasteiger partial charge in [-0.15, -0.1) is 11.3 Å². The van der Waals surface area contributed by atoms with E-state index in [1.807, 2.05) is 24.1 Å². The molecular weight excluding hydrogens is 288 g/mol. The zero-order chi connectivity index (χ0) is 15.0. The molecule has 6 nitrogen and oxygen atoms in total. The van der Waals surface area contributed by atoms with Crippen LogP contribution >= 0.6 is 11.3 Å². The molecule has 1 saturated carbocycles. The van der Waals surface area contributed by atoms with E-state index in [-0.39, 0.29) is 16.7 Å². The van der Waals surface area contributed by atoms with Crippen molar-refractivity contribution in [1.29, 1.82) is 0 Å². The summed E-state index contributed by atoms with van der Waals surface area (Å²) in [4.78, 5) is 17.4. The highest BCUT2D eigenvalue weighted by Gasteiger charge is 2.33. The fourth-order valence-electron chi connectivity index (χ4n) is 3.35.